The molecule has 0 radical (unpaired) electrons. The summed E-state index contributed by atoms with van der Waals surface area (Å²) in [6, 6.07) is 8.69. The molecule has 1 aromatic carbocycles. The van der Waals surface area contributed by atoms with Crippen molar-refractivity contribution >= 4 is 15.9 Å². The molecular formula is C15H23BrN2O. The summed E-state index contributed by atoms with van der Waals surface area (Å²) in [5.74, 6) is 0.942. The van der Waals surface area contributed by atoms with Crippen molar-refractivity contribution in [3.8, 4) is 5.75 Å². The summed E-state index contributed by atoms with van der Waals surface area (Å²) in [5, 5.41) is 0. The number of hydrogen-bond donors (Lipinski definition) is 0. The SMILES string of the molecule is CN1CCCC(N(C)CCOc2ccc(Br)cc2)C1. The van der Waals surface area contributed by atoms with E-state index in [-0.39, 0.29) is 0 Å². The highest BCUT2D eigenvalue weighted by atomic mass is 79.9. The van der Waals surface area contributed by atoms with Crippen molar-refractivity contribution in [2.45, 2.75) is 18.9 Å². The Morgan fingerprint density at radius 1 is 1.37 bits per heavy atom. The molecule has 0 bridgehead atoms. The van der Waals surface area contributed by atoms with Crippen LogP contribution in [0.5, 0.6) is 5.75 Å². The summed E-state index contributed by atoms with van der Waals surface area (Å²) in [4.78, 5) is 4.84. The van der Waals surface area contributed by atoms with E-state index in [4.69, 9.17) is 4.74 Å². The van der Waals surface area contributed by atoms with Crippen LogP contribution in [-0.2, 0) is 0 Å². The van der Waals surface area contributed by atoms with Gasteiger partial charge in [-0.3, -0.25) is 4.90 Å². The van der Waals surface area contributed by atoms with Crippen LogP contribution < -0.4 is 4.74 Å². The Kier molecular flexibility index (Phi) is 5.67. The molecule has 0 N–H and O–H groups in total. The molecule has 2 rings (SSSR count). The topological polar surface area (TPSA) is 15.7 Å². The van der Waals surface area contributed by atoms with Crippen LogP contribution in [0.1, 0.15) is 12.8 Å². The third-order valence-corrected chi connectivity index (χ3v) is 4.28. The van der Waals surface area contributed by atoms with Crippen molar-refractivity contribution in [2.75, 3.05) is 40.3 Å². The highest BCUT2D eigenvalue weighted by molar-refractivity contribution is 9.10. The first-order chi connectivity index (χ1) is 9.15. The fraction of sp³-hybridized carbons (Fsp3) is 0.600. The molecule has 0 aromatic heterocycles. The largest absolute Gasteiger partial charge is 0.492 e. The van der Waals surface area contributed by atoms with Gasteiger partial charge in [-0.05, 0) is 57.7 Å². The van der Waals surface area contributed by atoms with Gasteiger partial charge in [0.25, 0.3) is 0 Å². The molecule has 19 heavy (non-hydrogen) atoms. The van der Waals surface area contributed by atoms with E-state index >= 15 is 0 Å². The van der Waals surface area contributed by atoms with Crippen LogP contribution in [0.15, 0.2) is 28.7 Å². The van der Waals surface area contributed by atoms with Gasteiger partial charge in [-0.15, -0.1) is 0 Å². The zero-order valence-electron chi connectivity index (χ0n) is 11.8. The summed E-state index contributed by atoms with van der Waals surface area (Å²) in [5.41, 5.74) is 0. The van der Waals surface area contributed by atoms with Crippen molar-refractivity contribution in [1.29, 1.82) is 0 Å². The smallest absolute Gasteiger partial charge is 0.119 e. The molecule has 4 heteroatoms. The third-order valence-electron chi connectivity index (χ3n) is 3.75. The van der Waals surface area contributed by atoms with Gasteiger partial charge < -0.3 is 9.64 Å². The van der Waals surface area contributed by atoms with Crippen LogP contribution in [0.4, 0.5) is 0 Å². The molecule has 3 nitrogen and oxygen atoms in total. The summed E-state index contributed by atoms with van der Waals surface area (Å²) in [6.45, 7) is 4.14. The molecular weight excluding hydrogens is 304 g/mol. The molecule has 1 fully saturated rings. The molecule has 1 unspecified atom stereocenters. The van der Waals surface area contributed by atoms with Gasteiger partial charge in [-0.25, -0.2) is 0 Å². The second-order valence-electron chi connectivity index (χ2n) is 5.34. The summed E-state index contributed by atoms with van der Waals surface area (Å²) in [7, 11) is 4.41. The molecule has 0 saturated carbocycles. The number of benzene rings is 1. The molecule has 0 aliphatic carbocycles. The maximum atomic E-state index is 5.77. The lowest BCUT2D eigenvalue weighted by atomic mass is 10.1. The highest BCUT2D eigenvalue weighted by Crippen LogP contribution is 2.16. The second-order valence-corrected chi connectivity index (χ2v) is 6.26. The van der Waals surface area contributed by atoms with E-state index in [1.807, 2.05) is 24.3 Å². The van der Waals surface area contributed by atoms with E-state index in [0.29, 0.717) is 6.04 Å². The minimum absolute atomic E-state index is 0.673. The molecule has 0 spiro atoms. The summed E-state index contributed by atoms with van der Waals surface area (Å²) < 4.78 is 6.86. The van der Waals surface area contributed by atoms with Crippen LogP contribution in [0.3, 0.4) is 0 Å². The molecule has 1 aliphatic rings. The molecule has 106 valence electrons. The Balaban J connectivity index is 1.71. The van der Waals surface area contributed by atoms with Crippen molar-refractivity contribution in [3.63, 3.8) is 0 Å². The first-order valence-corrected chi connectivity index (χ1v) is 7.71. The van der Waals surface area contributed by atoms with Gasteiger partial charge in [0.1, 0.15) is 12.4 Å². The Morgan fingerprint density at radius 2 is 2.11 bits per heavy atom. The zero-order chi connectivity index (χ0) is 13.7. The number of piperidine rings is 1. The molecule has 1 atom stereocenters. The number of likely N-dealkylation sites (tertiary alicyclic amines) is 1. The van der Waals surface area contributed by atoms with E-state index in [2.05, 4.69) is 39.8 Å². The van der Waals surface area contributed by atoms with Crippen LogP contribution in [-0.4, -0.2) is 56.2 Å². The van der Waals surface area contributed by atoms with E-state index in [9.17, 15) is 0 Å². The Morgan fingerprint density at radius 3 is 2.79 bits per heavy atom. The predicted octanol–water partition coefficient (Wildman–Crippen LogP) is 2.85. The first kappa shape index (κ1) is 14.8. The molecule has 1 aromatic rings. The monoisotopic (exact) mass is 326 g/mol. The van der Waals surface area contributed by atoms with Gasteiger partial charge in [-0.2, -0.15) is 0 Å². The quantitative estimate of drug-likeness (QED) is 0.827. The standard InChI is InChI=1S/C15H23BrN2O/c1-17-9-3-4-14(12-17)18(2)10-11-19-15-7-5-13(16)6-8-15/h5-8,14H,3-4,9-12H2,1-2H3. The molecule has 1 aliphatic heterocycles. The van der Waals surface area contributed by atoms with Crippen LogP contribution >= 0.6 is 15.9 Å². The number of ether oxygens (including phenoxy) is 1. The third kappa shape index (κ3) is 4.79. The fourth-order valence-corrected chi connectivity index (χ4v) is 2.78. The van der Waals surface area contributed by atoms with Gasteiger partial charge in [0, 0.05) is 23.6 Å². The summed E-state index contributed by atoms with van der Waals surface area (Å²) in [6.07, 6.45) is 2.61. The Bertz CT molecular complexity index is 382. The highest BCUT2D eigenvalue weighted by Gasteiger charge is 2.20. The van der Waals surface area contributed by atoms with Gasteiger partial charge in [-0.1, -0.05) is 15.9 Å². The lowest BCUT2D eigenvalue weighted by Gasteiger charge is -2.35. The van der Waals surface area contributed by atoms with Crippen LogP contribution in [0.2, 0.25) is 0 Å². The van der Waals surface area contributed by atoms with Gasteiger partial charge >= 0.3 is 0 Å². The molecule has 1 heterocycles. The van der Waals surface area contributed by atoms with E-state index in [0.717, 1.165) is 23.4 Å². The Labute approximate surface area is 124 Å². The van der Waals surface area contributed by atoms with Crippen molar-refractivity contribution < 1.29 is 4.74 Å². The number of halogens is 1. The maximum Gasteiger partial charge on any atom is 0.119 e. The first-order valence-electron chi connectivity index (χ1n) is 6.92. The minimum Gasteiger partial charge on any atom is -0.492 e. The number of rotatable bonds is 5. The second kappa shape index (κ2) is 7.27. The molecule has 1 saturated heterocycles. The van der Waals surface area contributed by atoms with E-state index in [1.165, 1.54) is 25.9 Å². The normalized spacial score (nSPS) is 20.7. The fourth-order valence-electron chi connectivity index (χ4n) is 2.52. The van der Waals surface area contributed by atoms with Crippen molar-refractivity contribution in [1.82, 2.24) is 9.80 Å². The van der Waals surface area contributed by atoms with Gasteiger partial charge in [0.05, 0.1) is 0 Å². The number of likely N-dealkylation sites (N-methyl/N-ethyl adjacent to an activating group) is 2. The summed E-state index contributed by atoms with van der Waals surface area (Å²) >= 11 is 3.43. The average Bonchev–Trinajstić information content (AvgIpc) is 2.41. The molecule has 0 amide bonds. The number of hydrogen-bond acceptors (Lipinski definition) is 3. The van der Waals surface area contributed by atoms with Gasteiger partial charge in [0.2, 0.25) is 0 Å². The minimum atomic E-state index is 0.673. The van der Waals surface area contributed by atoms with Crippen LogP contribution in [0.25, 0.3) is 0 Å². The van der Waals surface area contributed by atoms with Crippen LogP contribution in [0, 0.1) is 0 Å². The lowest BCUT2D eigenvalue weighted by Crippen LogP contribution is -2.46. The zero-order valence-corrected chi connectivity index (χ0v) is 13.4. The van der Waals surface area contributed by atoms with Crippen molar-refractivity contribution in [2.24, 2.45) is 0 Å². The number of nitrogens with zero attached hydrogens (tertiary/aromatic N) is 2. The lowest BCUT2D eigenvalue weighted by molar-refractivity contribution is 0.119. The van der Waals surface area contributed by atoms with E-state index < -0.39 is 0 Å². The van der Waals surface area contributed by atoms with Gasteiger partial charge in [0.15, 0.2) is 0 Å². The predicted molar refractivity (Wildman–Crippen MR) is 82.8 cm³/mol. The Hall–Kier alpha value is -0.580. The average molecular weight is 327 g/mol. The van der Waals surface area contributed by atoms with Crippen molar-refractivity contribution in [3.05, 3.63) is 28.7 Å². The van der Waals surface area contributed by atoms with E-state index in [1.54, 1.807) is 0 Å². The maximum absolute atomic E-state index is 5.77.